The minimum absolute atomic E-state index is 0. The van der Waals surface area contributed by atoms with Crippen LogP contribution in [-0.2, 0) is 13.9 Å². The molecule has 0 saturated carbocycles. The van der Waals surface area contributed by atoms with Gasteiger partial charge in [0, 0.05) is 0 Å². The number of carbonyl (C=O) groups is 2. The fourth-order valence-corrected chi connectivity index (χ4v) is 1.52. The predicted octanol–water partition coefficient (Wildman–Crippen LogP) is -0.552. The summed E-state index contributed by atoms with van der Waals surface area (Å²) in [6.07, 6.45) is -1.64. The van der Waals surface area contributed by atoms with E-state index in [1.54, 1.807) is 0 Å². The van der Waals surface area contributed by atoms with Crippen LogP contribution in [0.25, 0.3) is 0 Å². The molecule has 0 aliphatic carbocycles. The van der Waals surface area contributed by atoms with Gasteiger partial charge in [-0.1, -0.05) is 12.1 Å². The predicted molar refractivity (Wildman–Crippen MR) is 68.5 cm³/mol. The van der Waals surface area contributed by atoms with Gasteiger partial charge in [-0.25, -0.2) is 9.36 Å². The Hall–Kier alpha value is 0.0664. The summed E-state index contributed by atoms with van der Waals surface area (Å²) >= 11 is 0. The summed E-state index contributed by atoms with van der Waals surface area (Å²) in [6, 6.07) is 4.84. The van der Waals surface area contributed by atoms with E-state index in [1.165, 1.54) is 24.3 Å². The average molecular weight is 330 g/mol. The first kappa shape index (κ1) is 20.1. The topological polar surface area (TPSA) is 141 Å². The van der Waals surface area contributed by atoms with E-state index in [2.05, 4.69) is 4.52 Å². The second kappa shape index (κ2) is 8.49. The fraction of sp³-hybridized carbons (Fsp3) is 0.200. The van der Waals surface area contributed by atoms with Crippen LogP contribution in [0.15, 0.2) is 24.3 Å². The zero-order valence-corrected chi connectivity index (χ0v) is 10.4. The van der Waals surface area contributed by atoms with E-state index in [1.807, 2.05) is 0 Å². The van der Waals surface area contributed by atoms with E-state index in [0.29, 0.717) is 0 Å². The molecule has 4 N–H and O–H groups in total. The number of hydrogen-bond donors (Lipinski definition) is 4. The molecule has 106 valence electrons. The van der Waals surface area contributed by atoms with Crippen LogP contribution in [0.5, 0.6) is 0 Å². The van der Waals surface area contributed by atoms with E-state index in [9.17, 15) is 19.3 Å². The molecule has 1 atom stereocenters. The van der Waals surface area contributed by atoms with Crippen molar-refractivity contribution in [2.24, 2.45) is 0 Å². The van der Waals surface area contributed by atoms with Crippen LogP contribution in [0.3, 0.4) is 0 Å². The molecule has 0 spiro atoms. The third-order valence-electron chi connectivity index (χ3n) is 2.15. The zero-order chi connectivity index (χ0) is 14.6. The Morgan fingerprint density at radius 3 is 2.10 bits per heavy atom. The quantitative estimate of drug-likeness (QED) is 0.402. The van der Waals surface area contributed by atoms with Crippen LogP contribution in [0, 0.1) is 0 Å². The van der Waals surface area contributed by atoms with E-state index >= 15 is 0 Å². The normalized spacial score (nSPS) is 12.3. The summed E-state index contributed by atoms with van der Waals surface area (Å²) in [7, 11) is -4.78. The first-order valence-corrected chi connectivity index (χ1v) is 6.48. The summed E-state index contributed by atoms with van der Waals surface area (Å²) in [6.45, 7) is -0.952. The number of aromatic carboxylic acids is 1. The van der Waals surface area contributed by atoms with Gasteiger partial charge in [0.1, 0.15) is 12.7 Å². The molecule has 0 aliphatic heterocycles. The Balaban J connectivity index is 0.00000361. The molecule has 0 heterocycles. The van der Waals surface area contributed by atoms with Crippen LogP contribution in [0.4, 0.5) is 0 Å². The maximum absolute atomic E-state index is 11.4. The maximum atomic E-state index is 11.4. The molecule has 0 bridgehead atoms. The first-order chi connectivity index (χ1) is 8.70. The van der Waals surface area contributed by atoms with Gasteiger partial charge in [0.15, 0.2) is 5.78 Å². The minimum atomic E-state index is -4.78. The van der Waals surface area contributed by atoms with Crippen LogP contribution < -0.4 is 0 Å². The van der Waals surface area contributed by atoms with E-state index in [-0.39, 0.29) is 62.5 Å². The third-order valence-corrected chi connectivity index (χ3v) is 2.62. The fourth-order valence-electron chi connectivity index (χ4n) is 1.22. The molecule has 0 fully saturated rings. The van der Waals surface area contributed by atoms with E-state index in [0.717, 1.165) is 0 Å². The van der Waals surface area contributed by atoms with E-state index < -0.39 is 32.3 Å². The molecule has 1 unspecified atom stereocenters. The number of Topliss-reactive ketones (excluding diaryl/α,β-unsaturated/α-hetero) is 1. The van der Waals surface area contributed by atoms with Gasteiger partial charge >= 0.3 is 65.2 Å². The van der Waals surface area contributed by atoms with Crippen LogP contribution in [-0.4, -0.2) is 89.7 Å². The number of phosphoric ester groups is 1. The Labute approximate surface area is 156 Å². The standard InChI is InChI=1S/C10H11O8P.K.H/c11-8(5-18-19(15,16)17)9(12)6-1-3-7(4-2-6)10(13)14;;/h1-4,9,12H,5H2,(H,13,14)(H2,15,16,17);;. The molecule has 1 aromatic rings. The number of carboxylic acids is 1. The number of hydrogen-bond acceptors (Lipinski definition) is 5. The molecule has 20 heavy (non-hydrogen) atoms. The summed E-state index contributed by atoms with van der Waals surface area (Å²) in [5.74, 6) is -2.11. The summed E-state index contributed by atoms with van der Waals surface area (Å²) in [4.78, 5) is 38.8. The Kier molecular flexibility index (Phi) is 8.52. The van der Waals surface area contributed by atoms with Gasteiger partial charge in [-0.15, -0.1) is 0 Å². The molecule has 1 rings (SSSR count). The molecule has 0 amide bonds. The van der Waals surface area contributed by atoms with E-state index in [4.69, 9.17) is 14.9 Å². The number of carbonyl (C=O) groups excluding carboxylic acids is 1. The Bertz CT molecular complexity index is 523. The monoisotopic (exact) mass is 330 g/mol. The molecule has 0 radical (unpaired) electrons. The zero-order valence-electron chi connectivity index (χ0n) is 9.46. The van der Waals surface area contributed by atoms with Crippen molar-refractivity contribution < 1.29 is 38.7 Å². The molecular weight excluding hydrogens is 318 g/mol. The van der Waals surface area contributed by atoms with Crippen molar-refractivity contribution in [2.45, 2.75) is 6.10 Å². The van der Waals surface area contributed by atoms with Crippen molar-refractivity contribution in [1.82, 2.24) is 0 Å². The van der Waals surface area contributed by atoms with Gasteiger partial charge in [-0.3, -0.25) is 9.32 Å². The van der Waals surface area contributed by atoms with Crippen LogP contribution >= 0.6 is 7.82 Å². The van der Waals surface area contributed by atoms with Gasteiger partial charge in [0.2, 0.25) is 0 Å². The molecule has 0 saturated heterocycles. The molecular formula is C10H12KO8P. The Morgan fingerprint density at radius 2 is 1.70 bits per heavy atom. The number of phosphoric acid groups is 1. The molecule has 1 aromatic carbocycles. The number of ketones is 1. The first-order valence-electron chi connectivity index (χ1n) is 4.95. The summed E-state index contributed by atoms with van der Waals surface area (Å²) in [5.41, 5.74) is 0.0826. The van der Waals surface area contributed by atoms with Gasteiger partial charge in [0.05, 0.1) is 5.56 Å². The Morgan fingerprint density at radius 1 is 1.20 bits per heavy atom. The molecule has 10 heteroatoms. The molecule has 0 aromatic heterocycles. The van der Waals surface area contributed by atoms with Gasteiger partial charge in [-0.2, -0.15) is 0 Å². The molecule has 8 nitrogen and oxygen atoms in total. The number of aliphatic hydroxyl groups excluding tert-OH is 1. The van der Waals surface area contributed by atoms with Gasteiger partial charge in [0.25, 0.3) is 0 Å². The van der Waals surface area contributed by atoms with Crippen molar-refractivity contribution in [3.05, 3.63) is 35.4 Å². The number of aliphatic hydroxyl groups is 1. The van der Waals surface area contributed by atoms with Crippen molar-refractivity contribution in [3.8, 4) is 0 Å². The second-order valence-electron chi connectivity index (χ2n) is 3.56. The van der Waals surface area contributed by atoms with Gasteiger partial charge in [-0.05, 0) is 17.7 Å². The number of benzene rings is 1. The average Bonchev–Trinajstić information content (AvgIpc) is 2.34. The van der Waals surface area contributed by atoms with Crippen molar-refractivity contribution in [1.29, 1.82) is 0 Å². The van der Waals surface area contributed by atoms with Crippen LogP contribution in [0.2, 0.25) is 0 Å². The molecule has 0 aliphatic rings. The summed E-state index contributed by atoms with van der Waals surface area (Å²) < 4.78 is 14.3. The third kappa shape index (κ3) is 6.68. The SMILES string of the molecule is O=C(O)c1ccc(C(O)C(=O)COP(=O)(O)O)cc1.[KH]. The van der Waals surface area contributed by atoms with Gasteiger partial charge < -0.3 is 20.0 Å². The number of rotatable bonds is 6. The second-order valence-corrected chi connectivity index (χ2v) is 4.80. The van der Waals surface area contributed by atoms with Crippen molar-refractivity contribution in [2.75, 3.05) is 6.61 Å². The van der Waals surface area contributed by atoms with Crippen molar-refractivity contribution >= 4 is 71.0 Å². The number of carboxylic acid groups (broad SMARTS) is 1. The summed E-state index contributed by atoms with van der Waals surface area (Å²) in [5, 5.41) is 18.2. The van der Waals surface area contributed by atoms with Crippen LogP contribution in [0.1, 0.15) is 22.0 Å². The van der Waals surface area contributed by atoms with Crippen molar-refractivity contribution in [3.63, 3.8) is 0 Å².